The van der Waals surface area contributed by atoms with E-state index in [1.54, 1.807) is 22.5 Å². The Morgan fingerprint density at radius 3 is 2.56 bits per heavy atom. The van der Waals surface area contributed by atoms with E-state index < -0.39 is 10.0 Å². The van der Waals surface area contributed by atoms with Crippen LogP contribution in [0.2, 0.25) is 0 Å². The molecule has 2 heterocycles. The molecule has 6 nitrogen and oxygen atoms in total. The van der Waals surface area contributed by atoms with Crippen LogP contribution in [0.15, 0.2) is 41.3 Å². The summed E-state index contributed by atoms with van der Waals surface area (Å²) in [6.07, 6.45) is 4.48. The molecule has 2 aromatic rings. The first kappa shape index (κ1) is 25.0. The Kier molecular flexibility index (Phi) is 7.85. The van der Waals surface area contributed by atoms with Gasteiger partial charge in [0.05, 0.1) is 23.8 Å². The highest BCUT2D eigenvalue weighted by Crippen LogP contribution is 2.39. The third kappa shape index (κ3) is 5.11. The van der Waals surface area contributed by atoms with Gasteiger partial charge in [0.25, 0.3) is 10.0 Å². The van der Waals surface area contributed by atoms with Crippen molar-refractivity contribution in [3.63, 3.8) is 0 Å². The molecule has 1 atom stereocenters. The van der Waals surface area contributed by atoms with Crippen molar-refractivity contribution >= 4 is 15.7 Å². The van der Waals surface area contributed by atoms with Gasteiger partial charge >= 0.3 is 0 Å². The van der Waals surface area contributed by atoms with Crippen LogP contribution in [-0.2, 0) is 34.2 Å². The van der Waals surface area contributed by atoms with Gasteiger partial charge in [-0.2, -0.15) is 0 Å². The first-order valence-corrected chi connectivity index (χ1v) is 13.9. The summed E-state index contributed by atoms with van der Waals surface area (Å²) >= 11 is 0. The number of fused-ring (bicyclic) bond motifs is 1. The minimum atomic E-state index is -3.82. The summed E-state index contributed by atoms with van der Waals surface area (Å²) < 4.78 is 41.0. The predicted molar refractivity (Wildman–Crippen MR) is 134 cm³/mol. The highest BCUT2D eigenvalue weighted by atomic mass is 32.2. The number of aryl methyl sites for hydroxylation is 2. The van der Waals surface area contributed by atoms with E-state index in [-0.39, 0.29) is 23.5 Å². The molecular weight excluding hydrogens is 450 g/mol. The molecule has 4 rings (SSSR count). The average molecular weight is 488 g/mol. The van der Waals surface area contributed by atoms with Gasteiger partial charge in [-0.15, -0.1) is 0 Å². The van der Waals surface area contributed by atoms with Crippen LogP contribution in [-0.4, -0.2) is 39.4 Å². The highest BCUT2D eigenvalue weighted by molar-refractivity contribution is 7.92. The summed E-state index contributed by atoms with van der Waals surface area (Å²) in [7, 11) is -3.82. The summed E-state index contributed by atoms with van der Waals surface area (Å²) in [4.78, 5) is 0.188. The molecular formula is C27H37NO5S. The number of hydrogen-bond acceptors (Lipinski definition) is 5. The number of benzene rings is 2. The number of nitrogens with zero attached hydrogens (tertiary/aromatic N) is 1. The summed E-state index contributed by atoms with van der Waals surface area (Å²) in [6.45, 7) is 8.00. The van der Waals surface area contributed by atoms with Crippen LogP contribution in [0.3, 0.4) is 0 Å². The molecule has 0 aliphatic carbocycles. The lowest BCUT2D eigenvalue weighted by Gasteiger charge is -2.40. The molecule has 186 valence electrons. The largest absolute Gasteiger partial charge is 0.493 e. The van der Waals surface area contributed by atoms with E-state index in [4.69, 9.17) is 9.47 Å². The normalized spacial score (nSPS) is 19.3. The Hall–Kier alpha value is -2.09. The lowest BCUT2D eigenvalue weighted by Crippen LogP contribution is -2.46. The summed E-state index contributed by atoms with van der Waals surface area (Å²) in [5, 5.41) is 10.0. The van der Waals surface area contributed by atoms with Gasteiger partial charge in [0, 0.05) is 24.8 Å². The van der Waals surface area contributed by atoms with Crippen LogP contribution in [0.25, 0.3) is 0 Å². The van der Waals surface area contributed by atoms with Crippen LogP contribution in [0.1, 0.15) is 56.7 Å². The van der Waals surface area contributed by atoms with Gasteiger partial charge in [0.15, 0.2) is 0 Å². The molecule has 2 aromatic carbocycles. The fourth-order valence-electron chi connectivity index (χ4n) is 5.00. The molecule has 0 saturated carbocycles. The van der Waals surface area contributed by atoms with Crippen molar-refractivity contribution in [3.8, 4) is 5.75 Å². The van der Waals surface area contributed by atoms with E-state index in [1.807, 2.05) is 12.1 Å². The van der Waals surface area contributed by atoms with E-state index in [2.05, 4.69) is 26.8 Å². The Balaban J connectivity index is 1.65. The van der Waals surface area contributed by atoms with Crippen LogP contribution >= 0.6 is 0 Å². The number of ether oxygens (including phenoxy) is 2. The molecule has 0 aromatic heterocycles. The second-order valence-corrected chi connectivity index (χ2v) is 11.6. The lowest BCUT2D eigenvalue weighted by atomic mass is 9.90. The Labute approximate surface area is 203 Å². The predicted octanol–water partition coefficient (Wildman–Crippen LogP) is 4.71. The number of hydrogen-bond donors (Lipinski definition) is 1. The van der Waals surface area contributed by atoms with Crippen molar-refractivity contribution in [1.29, 1.82) is 0 Å². The van der Waals surface area contributed by atoms with E-state index in [9.17, 15) is 13.5 Å². The Bertz CT molecular complexity index is 1090. The maximum Gasteiger partial charge on any atom is 0.264 e. The molecule has 0 spiro atoms. The van der Waals surface area contributed by atoms with E-state index in [1.165, 1.54) is 5.56 Å². The molecule has 7 heteroatoms. The van der Waals surface area contributed by atoms with Crippen LogP contribution in [0.5, 0.6) is 5.75 Å². The summed E-state index contributed by atoms with van der Waals surface area (Å²) in [5.41, 5.74) is 3.56. The fourth-order valence-corrected chi connectivity index (χ4v) is 6.90. The molecule has 0 amide bonds. The number of anilines is 1. The Morgan fingerprint density at radius 2 is 1.88 bits per heavy atom. The zero-order valence-corrected chi connectivity index (χ0v) is 21.3. The van der Waals surface area contributed by atoms with Crippen molar-refractivity contribution in [2.45, 2.75) is 70.4 Å². The molecule has 1 saturated heterocycles. The third-order valence-corrected chi connectivity index (χ3v) is 8.98. The van der Waals surface area contributed by atoms with Gasteiger partial charge < -0.3 is 14.6 Å². The number of aliphatic hydroxyl groups is 1. The second-order valence-electron chi connectivity index (χ2n) is 9.76. The number of sulfonamides is 1. The maximum atomic E-state index is 14.0. The monoisotopic (exact) mass is 487 g/mol. The first-order valence-electron chi connectivity index (χ1n) is 12.5. The van der Waals surface area contributed by atoms with Gasteiger partial charge in [-0.1, -0.05) is 32.9 Å². The van der Waals surface area contributed by atoms with Gasteiger partial charge in [-0.05, 0) is 79.3 Å². The molecule has 34 heavy (non-hydrogen) atoms. The first-order chi connectivity index (χ1) is 16.3. The third-order valence-electron chi connectivity index (χ3n) is 7.14. The molecule has 2 aliphatic heterocycles. The molecule has 2 aliphatic rings. The van der Waals surface area contributed by atoms with E-state index in [0.717, 1.165) is 56.6 Å². The zero-order chi connectivity index (χ0) is 24.3. The summed E-state index contributed by atoms with van der Waals surface area (Å²) in [5.74, 6) is 1.13. The van der Waals surface area contributed by atoms with Crippen molar-refractivity contribution in [1.82, 2.24) is 0 Å². The molecule has 1 unspecified atom stereocenters. The second kappa shape index (κ2) is 10.7. The fraction of sp³-hybridized carbons (Fsp3) is 0.556. The standard InChI is InChI=1S/C27H37NO5S/c1-4-20-5-8-26-22(15-20)6-9-25(19(2)3)28(26)34(30,31)24-7-10-27(23(16-24)17-29)33-18-21-11-13-32-14-12-21/h5,7-8,10,15-16,19,21,25,29H,4,6,9,11-14,17-18H2,1-3H3. The quantitative estimate of drug-likeness (QED) is 0.583. The van der Waals surface area contributed by atoms with Gasteiger partial charge in [-0.3, -0.25) is 4.31 Å². The molecule has 0 bridgehead atoms. The van der Waals surface area contributed by atoms with E-state index in [0.29, 0.717) is 23.8 Å². The SMILES string of the molecule is CCc1ccc2c(c1)CCC(C(C)C)N2S(=O)(=O)c1ccc(OCC2CCOCC2)c(CO)c1. The van der Waals surface area contributed by atoms with Crippen LogP contribution < -0.4 is 9.04 Å². The van der Waals surface area contributed by atoms with Crippen LogP contribution in [0, 0.1) is 11.8 Å². The van der Waals surface area contributed by atoms with Crippen molar-refractivity contribution in [3.05, 3.63) is 53.1 Å². The molecule has 0 radical (unpaired) electrons. The van der Waals surface area contributed by atoms with Gasteiger partial charge in [0.2, 0.25) is 0 Å². The number of rotatable bonds is 8. The Morgan fingerprint density at radius 1 is 1.12 bits per heavy atom. The average Bonchev–Trinajstić information content (AvgIpc) is 2.86. The lowest BCUT2D eigenvalue weighted by molar-refractivity contribution is 0.0494. The van der Waals surface area contributed by atoms with Gasteiger partial charge in [0.1, 0.15) is 5.75 Å². The minimum Gasteiger partial charge on any atom is -0.493 e. The van der Waals surface area contributed by atoms with Crippen molar-refractivity contribution < 1.29 is 23.0 Å². The van der Waals surface area contributed by atoms with Gasteiger partial charge in [-0.25, -0.2) is 8.42 Å². The highest BCUT2D eigenvalue weighted by Gasteiger charge is 2.37. The summed E-state index contributed by atoms with van der Waals surface area (Å²) in [6, 6.07) is 10.9. The van der Waals surface area contributed by atoms with Crippen molar-refractivity contribution in [2.75, 3.05) is 24.1 Å². The smallest absolute Gasteiger partial charge is 0.264 e. The van der Waals surface area contributed by atoms with Crippen LogP contribution in [0.4, 0.5) is 5.69 Å². The minimum absolute atomic E-state index is 0.119. The maximum absolute atomic E-state index is 14.0. The molecule has 1 fully saturated rings. The number of aliphatic hydroxyl groups excluding tert-OH is 1. The van der Waals surface area contributed by atoms with Crippen molar-refractivity contribution in [2.24, 2.45) is 11.8 Å². The van der Waals surface area contributed by atoms with E-state index >= 15 is 0 Å². The topological polar surface area (TPSA) is 76.1 Å². The zero-order valence-electron chi connectivity index (χ0n) is 20.5. The molecule has 1 N–H and O–H groups in total.